The zero-order chi connectivity index (χ0) is 18.0. The van der Waals surface area contributed by atoms with Gasteiger partial charge in [-0.2, -0.15) is 0 Å². The van der Waals surface area contributed by atoms with Crippen molar-refractivity contribution in [2.24, 2.45) is 35.0 Å². The Morgan fingerprint density at radius 1 is 0.963 bits per heavy atom. The first-order valence-electron chi connectivity index (χ1n) is 11.5. The highest BCUT2D eigenvalue weighted by Crippen LogP contribution is 2.57. The molecule has 1 heterocycles. The second-order valence-electron chi connectivity index (χ2n) is 10.8. The van der Waals surface area contributed by atoms with E-state index < -0.39 is 0 Å². The number of likely N-dealkylation sites (tertiary alicyclic amines) is 1. The van der Waals surface area contributed by atoms with Gasteiger partial charge in [0.1, 0.15) is 0 Å². The molecule has 6 aliphatic rings. The SMILES string of the molecule is O=C(CC1C2CC3CC(C2)CC1C3)N1CCCC2(Cc3ccccc3C2)C1. The number of hydrogen-bond acceptors (Lipinski definition) is 1. The van der Waals surface area contributed by atoms with Crippen molar-refractivity contribution in [2.75, 3.05) is 13.1 Å². The Morgan fingerprint density at radius 3 is 2.22 bits per heavy atom. The highest BCUT2D eigenvalue weighted by molar-refractivity contribution is 5.76. The number of carbonyl (C=O) groups is 1. The molecule has 5 aliphatic carbocycles. The molecule has 1 aromatic carbocycles. The number of piperidine rings is 1. The minimum absolute atomic E-state index is 0.335. The Balaban J connectivity index is 1.15. The average molecular weight is 364 g/mol. The normalized spacial score (nSPS) is 38.4. The molecule has 0 N–H and O–H groups in total. The van der Waals surface area contributed by atoms with Gasteiger partial charge in [0, 0.05) is 19.5 Å². The molecule has 1 aromatic rings. The fourth-order valence-electron chi connectivity index (χ4n) is 8.18. The van der Waals surface area contributed by atoms with Crippen LogP contribution in [0.25, 0.3) is 0 Å². The van der Waals surface area contributed by atoms with Crippen molar-refractivity contribution in [3.8, 4) is 0 Å². The summed E-state index contributed by atoms with van der Waals surface area (Å²) in [4.78, 5) is 15.6. The highest BCUT2D eigenvalue weighted by Gasteiger charge is 2.49. The van der Waals surface area contributed by atoms with Crippen molar-refractivity contribution in [1.82, 2.24) is 4.90 Å². The number of rotatable bonds is 2. The number of hydrogen-bond donors (Lipinski definition) is 0. The Kier molecular flexibility index (Phi) is 3.75. The Bertz CT molecular complexity index is 699. The van der Waals surface area contributed by atoms with Gasteiger partial charge in [-0.05, 0) is 104 Å². The summed E-state index contributed by atoms with van der Waals surface area (Å²) < 4.78 is 0. The first-order valence-corrected chi connectivity index (χ1v) is 11.5. The Morgan fingerprint density at radius 2 is 1.59 bits per heavy atom. The molecule has 4 bridgehead atoms. The van der Waals surface area contributed by atoms with Gasteiger partial charge in [-0.15, -0.1) is 0 Å². The van der Waals surface area contributed by atoms with Crippen LogP contribution in [0.15, 0.2) is 24.3 Å². The van der Waals surface area contributed by atoms with Crippen LogP contribution in [0, 0.1) is 35.0 Å². The molecule has 0 aromatic heterocycles. The lowest BCUT2D eigenvalue weighted by Gasteiger charge is -2.54. The van der Waals surface area contributed by atoms with Gasteiger partial charge in [-0.25, -0.2) is 0 Å². The van der Waals surface area contributed by atoms with Gasteiger partial charge in [0.05, 0.1) is 0 Å². The second-order valence-corrected chi connectivity index (χ2v) is 10.8. The zero-order valence-electron chi connectivity index (χ0n) is 16.5. The maximum atomic E-state index is 13.3. The molecule has 1 spiro atoms. The van der Waals surface area contributed by atoms with Gasteiger partial charge >= 0.3 is 0 Å². The summed E-state index contributed by atoms with van der Waals surface area (Å²) >= 11 is 0. The summed E-state index contributed by atoms with van der Waals surface area (Å²) in [6, 6.07) is 8.96. The molecule has 0 atom stereocenters. The van der Waals surface area contributed by atoms with Gasteiger partial charge in [0.25, 0.3) is 0 Å². The van der Waals surface area contributed by atoms with Gasteiger partial charge in [0.2, 0.25) is 5.91 Å². The minimum Gasteiger partial charge on any atom is -0.342 e. The van der Waals surface area contributed by atoms with E-state index in [1.54, 1.807) is 0 Å². The summed E-state index contributed by atoms with van der Waals surface area (Å²) in [5, 5.41) is 0. The van der Waals surface area contributed by atoms with Crippen molar-refractivity contribution in [2.45, 2.75) is 64.2 Å². The lowest BCUT2D eigenvalue weighted by atomic mass is 9.51. The molecule has 1 amide bonds. The van der Waals surface area contributed by atoms with Crippen LogP contribution < -0.4 is 0 Å². The lowest BCUT2D eigenvalue weighted by molar-refractivity contribution is -0.139. The van der Waals surface area contributed by atoms with Crippen LogP contribution in [-0.2, 0) is 17.6 Å². The predicted molar refractivity (Wildman–Crippen MR) is 107 cm³/mol. The molecule has 4 saturated carbocycles. The summed E-state index contributed by atoms with van der Waals surface area (Å²) in [7, 11) is 0. The maximum absolute atomic E-state index is 13.3. The molecule has 2 nitrogen and oxygen atoms in total. The fraction of sp³-hybridized carbons (Fsp3) is 0.720. The molecular weight excluding hydrogens is 330 g/mol. The molecule has 2 heteroatoms. The molecular formula is C25H33NO. The van der Waals surface area contributed by atoms with E-state index in [0.717, 1.165) is 43.2 Å². The Labute approximate surface area is 163 Å². The van der Waals surface area contributed by atoms with Crippen LogP contribution >= 0.6 is 0 Å². The first kappa shape index (κ1) is 16.6. The van der Waals surface area contributed by atoms with Gasteiger partial charge < -0.3 is 4.90 Å². The third kappa shape index (κ3) is 2.77. The molecule has 144 valence electrons. The zero-order valence-corrected chi connectivity index (χ0v) is 16.5. The quantitative estimate of drug-likeness (QED) is 0.735. The van der Waals surface area contributed by atoms with Crippen LogP contribution in [0.4, 0.5) is 0 Å². The third-order valence-corrected chi connectivity index (χ3v) is 9.10. The minimum atomic E-state index is 0.335. The van der Waals surface area contributed by atoms with E-state index in [9.17, 15) is 4.79 Å². The van der Waals surface area contributed by atoms with Crippen molar-refractivity contribution >= 4 is 5.91 Å². The summed E-state index contributed by atoms with van der Waals surface area (Å²) in [6.07, 6.45) is 13.0. The number of fused-ring (bicyclic) bond motifs is 1. The van der Waals surface area contributed by atoms with Crippen molar-refractivity contribution in [3.05, 3.63) is 35.4 Å². The van der Waals surface area contributed by atoms with E-state index in [2.05, 4.69) is 29.2 Å². The third-order valence-electron chi connectivity index (χ3n) is 9.10. The number of carbonyl (C=O) groups excluding carboxylic acids is 1. The molecule has 0 unspecified atom stereocenters. The lowest BCUT2D eigenvalue weighted by Crippen LogP contribution is -2.50. The van der Waals surface area contributed by atoms with E-state index in [4.69, 9.17) is 0 Å². The maximum Gasteiger partial charge on any atom is 0.222 e. The van der Waals surface area contributed by atoms with Gasteiger partial charge in [-0.3, -0.25) is 4.79 Å². The van der Waals surface area contributed by atoms with Crippen molar-refractivity contribution < 1.29 is 4.79 Å². The van der Waals surface area contributed by atoms with Crippen LogP contribution in [-0.4, -0.2) is 23.9 Å². The van der Waals surface area contributed by atoms with Gasteiger partial charge in [0.15, 0.2) is 0 Å². The molecule has 1 aliphatic heterocycles. The largest absolute Gasteiger partial charge is 0.342 e. The first-order chi connectivity index (χ1) is 13.2. The van der Waals surface area contributed by atoms with Crippen LogP contribution in [0.1, 0.15) is 62.5 Å². The topological polar surface area (TPSA) is 20.3 Å². The van der Waals surface area contributed by atoms with E-state index in [-0.39, 0.29) is 0 Å². The van der Waals surface area contributed by atoms with E-state index in [1.807, 2.05) is 0 Å². The Hall–Kier alpha value is -1.31. The smallest absolute Gasteiger partial charge is 0.222 e. The van der Waals surface area contributed by atoms with E-state index >= 15 is 0 Å². The molecule has 5 fully saturated rings. The van der Waals surface area contributed by atoms with Crippen LogP contribution in [0.2, 0.25) is 0 Å². The monoisotopic (exact) mass is 363 g/mol. The standard InChI is InChI=1S/C25H33NO/c27-24(13-23-21-9-17-8-18(11-21)12-22(23)10-17)26-7-3-6-25(16-26)14-19-4-1-2-5-20(19)15-25/h1-2,4-5,17-18,21-23H,3,6-16H2. The molecule has 27 heavy (non-hydrogen) atoms. The number of amides is 1. The van der Waals surface area contributed by atoms with E-state index in [1.165, 1.54) is 68.9 Å². The van der Waals surface area contributed by atoms with Gasteiger partial charge in [-0.1, -0.05) is 24.3 Å². The molecule has 0 radical (unpaired) electrons. The predicted octanol–water partition coefficient (Wildman–Crippen LogP) is 4.86. The van der Waals surface area contributed by atoms with Crippen LogP contribution in [0.3, 0.4) is 0 Å². The fourth-order valence-corrected chi connectivity index (χ4v) is 8.18. The van der Waals surface area contributed by atoms with E-state index in [0.29, 0.717) is 17.2 Å². The summed E-state index contributed by atoms with van der Waals surface area (Å²) in [5.41, 5.74) is 3.41. The van der Waals surface area contributed by atoms with Crippen molar-refractivity contribution in [1.29, 1.82) is 0 Å². The number of benzene rings is 1. The summed E-state index contributed by atoms with van der Waals surface area (Å²) in [5.74, 6) is 4.97. The highest BCUT2D eigenvalue weighted by atomic mass is 16.2. The molecule has 7 rings (SSSR count). The summed E-state index contributed by atoms with van der Waals surface area (Å²) in [6.45, 7) is 2.01. The average Bonchev–Trinajstić information content (AvgIpc) is 3.01. The number of nitrogens with zero attached hydrogens (tertiary/aromatic N) is 1. The van der Waals surface area contributed by atoms with Crippen molar-refractivity contribution in [3.63, 3.8) is 0 Å². The van der Waals surface area contributed by atoms with Crippen LogP contribution in [0.5, 0.6) is 0 Å². The second kappa shape index (κ2) is 6.09. The molecule has 1 saturated heterocycles.